The molecule has 0 saturated heterocycles. The molecule has 2 N–H and O–H groups in total. The Kier molecular flexibility index (Phi) is 8.44. The first-order chi connectivity index (χ1) is 18.0. The van der Waals surface area contributed by atoms with E-state index >= 15 is 4.39 Å². The summed E-state index contributed by atoms with van der Waals surface area (Å²) in [6.07, 6.45) is 1.43. The van der Waals surface area contributed by atoms with Crippen molar-refractivity contribution in [2.24, 2.45) is 12.5 Å². The second-order valence-electron chi connectivity index (χ2n) is 10.3. The molecule has 0 saturated carbocycles. The van der Waals surface area contributed by atoms with E-state index in [2.05, 4.69) is 10.0 Å². The largest absolute Gasteiger partial charge is 0.349 e. The highest BCUT2D eigenvalue weighted by atomic mass is 32.2. The number of pyridine rings is 1. The number of aromatic nitrogens is 1. The lowest BCUT2D eigenvalue weighted by molar-refractivity contribution is -0.129. The van der Waals surface area contributed by atoms with Crippen LogP contribution in [0.1, 0.15) is 62.1 Å². The van der Waals surface area contributed by atoms with Crippen molar-refractivity contribution in [3.63, 3.8) is 0 Å². The fraction of sp³-hybridized carbons (Fsp3) is 0.321. The maximum atomic E-state index is 15.2. The average Bonchev–Trinajstić information content (AvgIpc) is 2.85. The van der Waals surface area contributed by atoms with Gasteiger partial charge in [-0.05, 0) is 61.4 Å². The fourth-order valence-electron chi connectivity index (χ4n) is 3.78. The van der Waals surface area contributed by atoms with E-state index in [0.717, 1.165) is 18.2 Å². The number of aryl methyl sites for hydroxylation is 1. The molecule has 0 spiro atoms. The molecule has 3 rings (SSSR count). The minimum absolute atomic E-state index is 0.0689. The number of amides is 1. The Morgan fingerprint density at radius 1 is 1.03 bits per heavy atom. The quantitative estimate of drug-likeness (QED) is 0.393. The van der Waals surface area contributed by atoms with Crippen LogP contribution in [0, 0.1) is 17.0 Å². The third-order valence-corrected chi connectivity index (χ3v) is 7.44. The van der Waals surface area contributed by atoms with Gasteiger partial charge in [0, 0.05) is 41.4 Å². The van der Waals surface area contributed by atoms with Gasteiger partial charge in [-0.25, -0.2) is 17.2 Å². The molecule has 39 heavy (non-hydrogen) atoms. The molecule has 0 unspecified atom stereocenters. The van der Waals surface area contributed by atoms with Gasteiger partial charge in [0.05, 0.1) is 17.5 Å². The predicted octanol–water partition coefficient (Wildman–Crippen LogP) is 4.55. The standard InChI is InChI=1S/C28H31F2N3O5S/c1-7-39(37,38)32-24-13-20(21(12-23(24)30)26(35)17-8-10-18(29)11-9-17)22-15-33(6)25(34)14-19(22)16(2)31-27(36)28(3,4)5/h8-16,32H,7H2,1-6H3,(H,31,36)/t16-/m0/s1. The van der Waals surface area contributed by atoms with Gasteiger partial charge in [0.2, 0.25) is 15.9 Å². The topological polar surface area (TPSA) is 114 Å². The molecule has 8 nitrogen and oxygen atoms in total. The van der Waals surface area contributed by atoms with E-state index in [1.165, 1.54) is 49.0 Å². The molecule has 1 heterocycles. The van der Waals surface area contributed by atoms with Crippen LogP contribution in [0.25, 0.3) is 11.1 Å². The molecule has 11 heteroatoms. The summed E-state index contributed by atoms with van der Waals surface area (Å²) in [5.41, 5.74) is -0.866. The van der Waals surface area contributed by atoms with Crippen molar-refractivity contribution in [3.8, 4) is 11.1 Å². The molecule has 0 aliphatic heterocycles. The summed E-state index contributed by atoms with van der Waals surface area (Å²) in [7, 11) is -2.40. The van der Waals surface area contributed by atoms with E-state index in [-0.39, 0.29) is 28.4 Å². The number of anilines is 1. The number of sulfonamides is 1. The Morgan fingerprint density at radius 3 is 2.21 bits per heavy atom. The van der Waals surface area contributed by atoms with Crippen molar-refractivity contribution in [2.75, 3.05) is 10.5 Å². The molecule has 1 aromatic heterocycles. The zero-order valence-electron chi connectivity index (χ0n) is 22.6. The molecule has 0 radical (unpaired) electrons. The SMILES string of the molecule is CCS(=O)(=O)Nc1cc(-c2cn(C)c(=O)cc2[C@H](C)NC(=O)C(C)(C)C)c(C(=O)c2ccc(F)cc2)cc1F. The Balaban J connectivity index is 2.32. The van der Waals surface area contributed by atoms with Crippen LogP contribution in [-0.4, -0.2) is 30.4 Å². The highest BCUT2D eigenvalue weighted by molar-refractivity contribution is 7.92. The molecule has 0 aliphatic carbocycles. The highest BCUT2D eigenvalue weighted by Gasteiger charge is 2.27. The van der Waals surface area contributed by atoms with Crippen molar-refractivity contribution >= 4 is 27.4 Å². The minimum Gasteiger partial charge on any atom is -0.349 e. The van der Waals surface area contributed by atoms with E-state index in [0.29, 0.717) is 11.1 Å². The summed E-state index contributed by atoms with van der Waals surface area (Å²) in [6.45, 7) is 8.23. The fourth-order valence-corrected chi connectivity index (χ4v) is 4.41. The zero-order chi connectivity index (χ0) is 29.3. The average molecular weight is 560 g/mol. The first-order valence-corrected chi connectivity index (χ1v) is 13.9. The van der Waals surface area contributed by atoms with Gasteiger partial charge in [-0.2, -0.15) is 0 Å². The number of nitrogens with zero attached hydrogens (tertiary/aromatic N) is 1. The summed E-state index contributed by atoms with van der Waals surface area (Å²) in [6, 6.07) is 7.36. The number of benzene rings is 2. The second-order valence-corrected chi connectivity index (χ2v) is 12.3. The maximum Gasteiger partial charge on any atom is 0.250 e. The Labute approximate surface area is 226 Å². The third kappa shape index (κ3) is 6.78. The number of halogens is 2. The van der Waals surface area contributed by atoms with Gasteiger partial charge < -0.3 is 9.88 Å². The van der Waals surface area contributed by atoms with E-state index in [1.54, 1.807) is 27.7 Å². The molecule has 0 aliphatic rings. The van der Waals surface area contributed by atoms with E-state index in [4.69, 9.17) is 0 Å². The minimum atomic E-state index is -3.89. The lowest BCUT2D eigenvalue weighted by Crippen LogP contribution is -2.37. The second kappa shape index (κ2) is 11.1. The molecule has 2 aromatic carbocycles. The van der Waals surface area contributed by atoms with Gasteiger partial charge in [-0.15, -0.1) is 0 Å². The van der Waals surface area contributed by atoms with Crippen LogP contribution >= 0.6 is 0 Å². The van der Waals surface area contributed by atoms with Crippen LogP contribution in [0.2, 0.25) is 0 Å². The lowest BCUT2D eigenvalue weighted by Gasteiger charge is -2.25. The number of hydrogen-bond donors (Lipinski definition) is 2. The van der Waals surface area contributed by atoms with E-state index < -0.39 is 50.1 Å². The normalized spacial score (nSPS) is 12.6. The van der Waals surface area contributed by atoms with Gasteiger partial charge in [-0.1, -0.05) is 20.8 Å². The predicted molar refractivity (Wildman–Crippen MR) is 146 cm³/mol. The van der Waals surface area contributed by atoms with Gasteiger partial charge in [0.1, 0.15) is 11.6 Å². The monoisotopic (exact) mass is 559 g/mol. The van der Waals surface area contributed by atoms with Crippen molar-refractivity contribution in [2.45, 2.75) is 40.7 Å². The lowest BCUT2D eigenvalue weighted by atomic mass is 9.89. The molecular weight excluding hydrogens is 528 g/mol. The van der Waals surface area contributed by atoms with Gasteiger partial charge in [0.15, 0.2) is 5.78 Å². The molecule has 3 aromatic rings. The Bertz CT molecular complexity index is 1590. The number of carbonyl (C=O) groups is 2. The van der Waals surface area contributed by atoms with Crippen LogP contribution in [0.3, 0.4) is 0 Å². The van der Waals surface area contributed by atoms with Crippen LogP contribution in [0.15, 0.2) is 53.5 Å². The Morgan fingerprint density at radius 2 is 1.64 bits per heavy atom. The third-order valence-electron chi connectivity index (χ3n) is 6.15. The molecular formula is C28H31F2N3O5S. The first kappa shape index (κ1) is 29.7. The van der Waals surface area contributed by atoms with Gasteiger partial charge in [-0.3, -0.25) is 19.1 Å². The van der Waals surface area contributed by atoms with E-state index in [1.807, 2.05) is 0 Å². The summed E-state index contributed by atoms with van der Waals surface area (Å²) >= 11 is 0. The smallest absolute Gasteiger partial charge is 0.250 e. The summed E-state index contributed by atoms with van der Waals surface area (Å²) < 4.78 is 56.7. The molecule has 208 valence electrons. The molecule has 0 bridgehead atoms. The van der Waals surface area contributed by atoms with Crippen LogP contribution < -0.4 is 15.6 Å². The summed E-state index contributed by atoms with van der Waals surface area (Å²) in [5.74, 6) is -2.83. The summed E-state index contributed by atoms with van der Waals surface area (Å²) in [4.78, 5) is 38.9. The van der Waals surface area contributed by atoms with Crippen LogP contribution in [0.4, 0.5) is 14.5 Å². The number of rotatable bonds is 8. The van der Waals surface area contributed by atoms with E-state index in [9.17, 15) is 27.2 Å². The molecule has 1 amide bonds. The van der Waals surface area contributed by atoms with Crippen molar-refractivity contribution < 1.29 is 26.8 Å². The van der Waals surface area contributed by atoms with Crippen molar-refractivity contribution in [1.29, 1.82) is 0 Å². The number of hydrogen-bond acceptors (Lipinski definition) is 5. The van der Waals surface area contributed by atoms with Gasteiger partial charge >= 0.3 is 0 Å². The highest BCUT2D eigenvalue weighted by Crippen LogP contribution is 2.35. The molecule has 0 fully saturated rings. The first-order valence-electron chi connectivity index (χ1n) is 12.2. The summed E-state index contributed by atoms with van der Waals surface area (Å²) in [5, 5.41) is 2.85. The number of carbonyl (C=O) groups excluding carboxylic acids is 2. The van der Waals surface area contributed by atoms with Crippen LogP contribution in [-0.2, 0) is 21.9 Å². The Hall–Kier alpha value is -3.86. The zero-order valence-corrected chi connectivity index (χ0v) is 23.4. The van der Waals surface area contributed by atoms with Crippen molar-refractivity contribution in [3.05, 3.63) is 87.3 Å². The number of ketones is 1. The van der Waals surface area contributed by atoms with Crippen LogP contribution in [0.5, 0.6) is 0 Å². The molecule has 1 atom stereocenters. The van der Waals surface area contributed by atoms with Crippen molar-refractivity contribution in [1.82, 2.24) is 9.88 Å². The van der Waals surface area contributed by atoms with Gasteiger partial charge in [0.25, 0.3) is 5.56 Å². The number of nitrogens with one attached hydrogen (secondary N) is 2. The maximum absolute atomic E-state index is 15.2.